The van der Waals surface area contributed by atoms with E-state index in [-0.39, 0.29) is 11.4 Å². The molecule has 1 N–H and O–H groups in total. The van der Waals surface area contributed by atoms with Gasteiger partial charge >= 0.3 is 5.97 Å². The van der Waals surface area contributed by atoms with Crippen LogP contribution < -0.4 is 4.74 Å². The van der Waals surface area contributed by atoms with E-state index < -0.39 is 5.97 Å². The van der Waals surface area contributed by atoms with Gasteiger partial charge in [0.25, 0.3) is 0 Å². The van der Waals surface area contributed by atoms with Gasteiger partial charge in [0, 0.05) is 11.1 Å². The highest BCUT2D eigenvalue weighted by Gasteiger charge is 2.18. The molecular formula is C11H11N3O3S. The summed E-state index contributed by atoms with van der Waals surface area (Å²) in [5, 5.41) is 13.0. The van der Waals surface area contributed by atoms with Crippen molar-refractivity contribution in [1.82, 2.24) is 14.8 Å². The highest BCUT2D eigenvalue weighted by atomic mass is 32.2. The number of pyridine rings is 1. The van der Waals surface area contributed by atoms with Crippen LogP contribution in [-0.2, 0) is 0 Å². The fourth-order valence-corrected chi connectivity index (χ4v) is 1.82. The van der Waals surface area contributed by atoms with E-state index in [1.807, 2.05) is 12.3 Å². The zero-order chi connectivity index (χ0) is 13.1. The van der Waals surface area contributed by atoms with Gasteiger partial charge in [-0.1, -0.05) is 0 Å². The molecule has 0 spiro atoms. The maximum Gasteiger partial charge on any atom is 0.342 e. The van der Waals surface area contributed by atoms with Crippen LogP contribution in [0.4, 0.5) is 0 Å². The van der Waals surface area contributed by atoms with E-state index in [9.17, 15) is 4.79 Å². The summed E-state index contributed by atoms with van der Waals surface area (Å²) in [5.74, 6) is -0.414. The fraction of sp³-hybridized carbons (Fsp3) is 0.182. The molecule has 2 aromatic rings. The van der Waals surface area contributed by atoms with Gasteiger partial charge in [-0.2, -0.15) is 9.78 Å². The summed E-state index contributed by atoms with van der Waals surface area (Å²) in [6.07, 6.45) is 4.89. The molecule has 0 bridgehead atoms. The first-order valence-electron chi connectivity index (χ1n) is 5.03. The Bertz CT molecular complexity index is 565. The van der Waals surface area contributed by atoms with Crippen molar-refractivity contribution in [3.8, 4) is 11.7 Å². The Labute approximate surface area is 108 Å². The van der Waals surface area contributed by atoms with Crippen molar-refractivity contribution in [3.63, 3.8) is 0 Å². The summed E-state index contributed by atoms with van der Waals surface area (Å²) in [4.78, 5) is 16.2. The number of aromatic carboxylic acids is 1. The van der Waals surface area contributed by atoms with Crippen molar-refractivity contribution in [1.29, 1.82) is 0 Å². The Morgan fingerprint density at radius 2 is 2.22 bits per heavy atom. The van der Waals surface area contributed by atoms with Gasteiger partial charge in [0.05, 0.1) is 13.3 Å². The Morgan fingerprint density at radius 3 is 2.72 bits per heavy atom. The zero-order valence-corrected chi connectivity index (χ0v) is 10.6. The average Bonchev–Trinajstić information content (AvgIpc) is 2.82. The summed E-state index contributed by atoms with van der Waals surface area (Å²) in [6, 6.07) is 3.64. The number of nitrogens with zero attached hydrogens (tertiary/aromatic N) is 3. The summed E-state index contributed by atoms with van der Waals surface area (Å²) >= 11 is 1.58. The van der Waals surface area contributed by atoms with Gasteiger partial charge in [0.1, 0.15) is 5.56 Å². The standard InChI is InChI=1S/C11H11N3O3S/c1-17-10-8(11(15)16)6-13-14(10)9-4-3-7(18-2)5-12-9/h3-6H,1-2H3,(H,15,16). The van der Waals surface area contributed by atoms with Crippen molar-refractivity contribution in [3.05, 3.63) is 30.1 Å². The van der Waals surface area contributed by atoms with Crippen LogP contribution in [-0.4, -0.2) is 39.2 Å². The number of carbonyl (C=O) groups is 1. The number of rotatable bonds is 4. The minimum atomic E-state index is -1.08. The Morgan fingerprint density at radius 1 is 1.44 bits per heavy atom. The van der Waals surface area contributed by atoms with Crippen LogP contribution in [0.2, 0.25) is 0 Å². The van der Waals surface area contributed by atoms with E-state index in [1.165, 1.54) is 18.0 Å². The van der Waals surface area contributed by atoms with Crippen molar-refractivity contribution in [2.24, 2.45) is 0 Å². The summed E-state index contributed by atoms with van der Waals surface area (Å²) in [5.41, 5.74) is 0.00763. The molecule has 0 fully saturated rings. The SMILES string of the molecule is COc1c(C(=O)O)cnn1-c1ccc(SC)cn1. The molecule has 2 heterocycles. The van der Waals surface area contributed by atoms with Crippen molar-refractivity contribution >= 4 is 17.7 Å². The Hall–Kier alpha value is -2.02. The molecule has 0 aliphatic rings. The first-order chi connectivity index (χ1) is 8.67. The van der Waals surface area contributed by atoms with Crippen LogP contribution >= 0.6 is 11.8 Å². The zero-order valence-electron chi connectivity index (χ0n) is 9.82. The van der Waals surface area contributed by atoms with Crippen LogP contribution in [0.1, 0.15) is 10.4 Å². The second-order valence-corrected chi connectivity index (χ2v) is 4.22. The predicted octanol–water partition coefficient (Wildman–Crippen LogP) is 1.70. The lowest BCUT2D eigenvalue weighted by molar-refractivity contribution is 0.0693. The van der Waals surface area contributed by atoms with Crippen LogP contribution in [0.3, 0.4) is 0 Å². The molecule has 0 aromatic carbocycles. The van der Waals surface area contributed by atoms with E-state index in [0.29, 0.717) is 5.82 Å². The molecule has 0 aliphatic carbocycles. The fourth-order valence-electron chi connectivity index (χ4n) is 1.46. The molecule has 0 atom stereocenters. The minimum Gasteiger partial charge on any atom is -0.480 e. The monoisotopic (exact) mass is 265 g/mol. The molecule has 2 rings (SSSR count). The van der Waals surface area contributed by atoms with Gasteiger partial charge in [-0.05, 0) is 18.4 Å². The molecule has 18 heavy (non-hydrogen) atoms. The van der Waals surface area contributed by atoms with Gasteiger partial charge in [0.2, 0.25) is 5.88 Å². The maximum absolute atomic E-state index is 11.0. The number of carboxylic acids is 1. The van der Waals surface area contributed by atoms with E-state index in [0.717, 1.165) is 4.90 Å². The van der Waals surface area contributed by atoms with Crippen molar-refractivity contribution in [2.45, 2.75) is 4.90 Å². The molecule has 0 amide bonds. The highest BCUT2D eigenvalue weighted by molar-refractivity contribution is 7.98. The Kier molecular flexibility index (Phi) is 3.52. The molecule has 0 unspecified atom stereocenters. The lowest BCUT2D eigenvalue weighted by atomic mass is 10.3. The van der Waals surface area contributed by atoms with E-state index in [4.69, 9.17) is 9.84 Å². The first kappa shape index (κ1) is 12.4. The number of methoxy groups -OCH3 is 1. The number of aromatic nitrogens is 3. The number of hydrogen-bond donors (Lipinski definition) is 1. The molecule has 6 nitrogen and oxygen atoms in total. The summed E-state index contributed by atoms with van der Waals surface area (Å²) < 4.78 is 6.42. The van der Waals surface area contributed by atoms with Gasteiger partial charge in [0.15, 0.2) is 5.82 Å². The van der Waals surface area contributed by atoms with Crippen LogP contribution in [0.5, 0.6) is 5.88 Å². The number of carboxylic acid groups (broad SMARTS) is 1. The molecule has 94 valence electrons. The van der Waals surface area contributed by atoms with Gasteiger partial charge in [-0.3, -0.25) is 0 Å². The third kappa shape index (κ3) is 2.17. The van der Waals surface area contributed by atoms with Crippen molar-refractivity contribution < 1.29 is 14.6 Å². The molecule has 0 saturated carbocycles. The van der Waals surface area contributed by atoms with Crippen molar-refractivity contribution in [2.75, 3.05) is 13.4 Å². The third-order valence-corrected chi connectivity index (χ3v) is 3.04. The summed E-state index contributed by atoms with van der Waals surface area (Å²) in [6.45, 7) is 0. The number of hydrogen-bond acceptors (Lipinski definition) is 5. The second-order valence-electron chi connectivity index (χ2n) is 3.34. The molecular weight excluding hydrogens is 254 g/mol. The highest BCUT2D eigenvalue weighted by Crippen LogP contribution is 2.22. The van der Waals surface area contributed by atoms with Crippen LogP contribution in [0.15, 0.2) is 29.4 Å². The lowest BCUT2D eigenvalue weighted by Gasteiger charge is -2.06. The quantitative estimate of drug-likeness (QED) is 0.848. The molecule has 7 heteroatoms. The number of ether oxygens (including phenoxy) is 1. The second kappa shape index (κ2) is 5.09. The molecule has 0 radical (unpaired) electrons. The topological polar surface area (TPSA) is 77.2 Å². The largest absolute Gasteiger partial charge is 0.480 e. The van der Waals surface area contributed by atoms with E-state index >= 15 is 0 Å². The minimum absolute atomic E-state index is 0.00763. The predicted molar refractivity (Wildman–Crippen MR) is 66.7 cm³/mol. The van der Waals surface area contributed by atoms with E-state index in [2.05, 4.69) is 10.1 Å². The molecule has 2 aromatic heterocycles. The van der Waals surface area contributed by atoms with Crippen LogP contribution in [0, 0.1) is 0 Å². The normalized spacial score (nSPS) is 10.3. The average molecular weight is 265 g/mol. The number of thioether (sulfide) groups is 1. The third-order valence-electron chi connectivity index (χ3n) is 2.32. The Balaban J connectivity index is 2.46. The summed E-state index contributed by atoms with van der Waals surface area (Å²) in [7, 11) is 1.40. The lowest BCUT2D eigenvalue weighted by Crippen LogP contribution is -2.04. The molecule has 0 aliphatic heterocycles. The van der Waals surface area contributed by atoms with Gasteiger partial charge in [-0.15, -0.1) is 11.8 Å². The van der Waals surface area contributed by atoms with E-state index in [1.54, 1.807) is 24.0 Å². The van der Waals surface area contributed by atoms with Gasteiger partial charge < -0.3 is 9.84 Å². The maximum atomic E-state index is 11.0. The van der Waals surface area contributed by atoms with Crippen LogP contribution in [0.25, 0.3) is 5.82 Å². The molecule has 0 saturated heterocycles. The first-order valence-corrected chi connectivity index (χ1v) is 6.25. The smallest absolute Gasteiger partial charge is 0.342 e. The van der Waals surface area contributed by atoms with Gasteiger partial charge in [-0.25, -0.2) is 9.78 Å².